The first-order valence-corrected chi connectivity index (χ1v) is 4.62. The van der Waals surface area contributed by atoms with Crippen molar-refractivity contribution < 1.29 is 9.90 Å². The highest BCUT2D eigenvalue weighted by Crippen LogP contribution is 2.37. The highest BCUT2D eigenvalue weighted by molar-refractivity contribution is 5.82. The normalized spacial score (nSPS) is 12.8. The first kappa shape index (κ1) is 12.4. The standard InChI is InChI=1S/C10H21NO2/c1-9(2,3)10(4,5)8(13)11-6-7-12/h12H,6-7H2,1-5H3,(H,11,13). The van der Waals surface area contributed by atoms with Crippen LogP contribution in [0.25, 0.3) is 0 Å². The molecule has 0 bridgehead atoms. The van der Waals surface area contributed by atoms with Crippen molar-refractivity contribution in [3.05, 3.63) is 0 Å². The third kappa shape index (κ3) is 2.99. The van der Waals surface area contributed by atoms with E-state index in [-0.39, 0.29) is 17.9 Å². The summed E-state index contributed by atoms with van der Waals surface area (Å²) in [7, 11) is 0. The molecule has 0 atom stereocenters. The van der Waals surface area contributed by atoms with Gasteiger partial charge in [0.05, 0.1) is 6.61 Å². The van der Waals surface area contributed by atoms with Crippen molar-refractivity contribution in [3.8, 4) is 0 Å². The summed E-state index contributed by atoms with van der Waals surface area (Å²) in [6, 6.07) is 0. The predicted octanol–water partition coefficient (Wildman–Crippen LogP) is 1.17. The Bertz CT molecular complexity index is 180. The zero-order valence-corrected chi connectivity index (χ0v) is 9.27. The van der Waals surface area contributed by atoms with Gasteiger partial charge in [0.2, 0.25) is 5.91 Å². The maximum Gasteiger partial charge on any atom is 0.226 e. The van der Waals surface area contributed by atoms with Crippen LogP contribution in [0.4, 0.5) is 0 Å². The van der Waals surface area contributed by atoms with E-state index >= 15 is 0 Å². The van der Waals surface area contributed by atoms with Gasteiger partial charge in [-0.3, -0.25) is 4.79 Å². The Morgan fingerprint density at radius 3 is 2.00 bits per heavy atom. The van der Waals surface area contributed by atoms with E-state index in [0.29, 0.717) is 6.54 Å². The van der Waals surface area contributed by atoms with Gasteiger partial charge in [-0.15, -0.1) is 0 Å². The molecule has 0 rings (SSSR count). The van der Waals surface area contributed by atoms with Crippen LogP contribution in [0.5, 0.6) is 0 Å². The van der Waals surface area contributed by atoms with Crippen molar-refractivity contribution in [1.82, 2.24) is 5.32 Å². The molecule has 0 saturated carbocycles. The molecule has 0 radical (unpaired) electrons. The molecular weight excluding hydrogens is 166 g/mol. The molecule has 0 heterocycles. The fourth-order valence-electron chi connectivity index (χ4n) is 0.731. The number of nitrogens with one attached hydrogen (secondary N) is 1. The summed E-state index contributed by atoms with van der Waals surface area (Å²) in [5, 5.41) is 11.3. The Morgan fingerprint density at radius 2 is 1.69 bits per heavy atom. The van der Waals surface area contributed by atoms with Crippen LogP contribution in [0.1, 0.15) is 34.6 Å². The summed E-state index contributed by atoms with van der Waals surface area (Å²) < 4.78 is 0. The minimum Gasteiger partial charge on any atom is -0.395 e. The maximum atomic E-state index is 11.6. The minimum atomic E-state index is -0.415. The fourth-order valence-corrected chi connectivity index (χ4v) is 0.731. The lowest BCUT2D eigenvalue weighted by Crippen LogP contribution is -2.45. The lowest BCUT2D eigenvalue weighted by atomic mass is 9.69. The fraction of sp³-hybridized carbons (Fsp3) is 0.900. The second-order valence-corrected chi connectivity index (χ2v) is 4.85. The highest BCUT2D eigenvalue weighted by atomic mass is 16.3. The van der Waals surface area contributed by atoms with Gasteiger partial charge >= 0.3 is 0 Å². The molecule has 0 spiro atoms. The van der Waals surface area contributed by atoms with E-state index in [9.17, 15) is 4.79 Å². The number of amides is 1. The molecule has 0 fully saturated rings. The first-order chi connectivity index (χ1) is 5.73. The summed E-state index contributed by atoms with van der Waals surface area (Å²) in [5.74, 6) is -0.00551. The average molecular weight is 187 g/mol. The van der Waals surface area contributed by atoms with Crippen molar-refractivity contribution in [1.29, 1.82) is 0 Å². The number of carbonyl (C=O) groups is 1. The topological polar surface area (TPSA) is 49.3 Å². The van der Waals surface area contributed by atoms with Crippen molar-refractivity contribution in [2.24, 2.45) is 10.8 Å². The number of aliphatic hydroxyl groups excluding tert-OH is 1. The van der Waals surface area contributed by atoms with Crippen LogP contribution in [-0.4, -0.2) is 24.2 Å². The molecule has 3 nitrogen and oxygen atoms in total. The van der Waals surface area contributed by atoms with Gasteiger partial charge in [0.15, 0.2) is 0 Å². The Labute approximate surface area is 80.5 Å². The molecule has 78 valence electrons. The van der Waals surface area contributed by atoms with E-state index < -0.39 is 5.41 Å². The van der Waals surface area contributed by atoms with Crippen LogP contribution in [0.2, 0.25) is 0 Å². The van der Waals surface area contributed by atoms with Gasteiger partial charge in [-0.05, 0) is 5.41 Å². The molecule has 0 aromatic carbocycles. The van der Waals surface area contributed by atoms with Crippen LogP contribution < -0.4 is 5.32 Å². The molecule has 0 saturated heterocycles. The molecule has 0 aliphatic rings. The van der Waals surface area contributed by atoms with E-state index in [1.165, 1.54) is 0 Å². The molecule has 0 aliphatic carbocycles. The number of aliphatic hydroxyl groups is 1. The lowest BCUT2D eigenvalue weighted by Gasteiger charge is -2.37. The molecule has 3 heteroatoms. The van der Waals surface area contributed by atoms with Crippen molar-refractivity contribution in [2.45, 2.75) is 34.6 Å². The summed E-state index contributed by atoms with van der Waals surface area (Å²) in [6.45, 7) is 10.3. The van der Waals surface area contributed by atoms with Crippen LogP contribution in [0.3, 0.4) is 0 Å². The third-order valence-electron chi connectivity index (χ3n) is 2.84. The van der Waals surface area contributed by atoms with Crippen LogP contribution in [0, 0.1) is 10.8 Å². The molecule has 13 heavy (non-hydrogen) atoms. The second-order valence-electron chi connectivity index (χ2n) is 4.85. The SMILES string of the molecule is CC(C)(C)C(C)(C)C(=O)NCCO. The summed E-state index contributed by atoms with van der Waals surface area (Å²) in [6.07, 6.45) is 0. The van der Waals surface area contributed by atoms with Gasteiger partial charge in [-0.2, -0.15) is 0 Å². The monoisotopic (exact) mass is 187 g/mol. The van der Waals surface area contributed by atoms with Crippen LogP contribution in [-0.2, 0) is 4.79 Å². The average Bonchev–Trinajstić information content (AvgIpc) is 1.97. The quantitative estimate of drug-likeness (QED) is 0.696. The maximum absolute atomic E-state index is 11.6. The number of carbonyl (C=O) groups excluding carboxylic acids is 1. The number of hydrogen-bond donors (Lipinski definition) is 2. The molecule has 0 aliphatic heterocycles. The Hall–Kier alpha value is -0.570. The lowest BCUT2D eigenvalue weighted by molar-refractivity contribution is -0.134. The zero-order valence-electron chi connectivity index (χ0n) is 9.27. The zero-order chi connectivity index (χ0) is 10.7. The largest absolute Gasteiger partial charge is 0.395 e. The summed E-state index contributed by atoms with van der Waals surface area (Å²) >= 11 is 0. The van der Waals surface area contributed by atoms with Crippen LogP contribution in [0.15, 0.2) is 0 Å². The van der Waals surface area contributed by atoms with Gasteiger partial charge in [-0.1, -0.05) is 34.6 Å². The van der Waals surface area contributed by atoms with Gasteiger partial charge in [-0.25, -0.2) is 0 Å². The summed E-state index contributed by atoms with van der Waals surface area (Å²) in [4.78, 5) is 11.6. The van der Waals surface area contributed by atoms with E-state index in [0.717, 1.165) is 0 Å². The van der Waals surface area contributed by atoms with Crippen LogP contribution >= 0.6 is 0 Å². The molecule has 0 unspecified atom stereocenters. The van der Waals surface area contributed by atoms with Crippen molar-refractivity contribution in [3.63, 3.8) is 0 Å². The van der Waals surface area contributed by atoms with E-state index in [4.69, 9.17) is 5.11 Å². The minimum absolute atomic E-state index is 0.00551. The highest BCUT2D eigenvalue weighted by Gasteiger charge is 2.39. The number of hydrogen-bond acceptors (Lipinski definition) is 2. The second kappa shape index (κ2) is 4.09. The van der Waals surface area contributed by atoms with E-state index in [1.807, 2.05) is 34.6 Å². The molecule has 1 amide bonds. The predicted molar refractivity (Wildman–Crippen MR) is 53.3 cm³/mol. The van der Waals surface area contributed by atoms with Gasteiger partial charge in [0.1, 0.15) is 0 Å². The molecular formula is C10H21NO2. The van der Waals surface area contributed by atoms with Gasteiger partial charge in [0.25, 0.3) is 0 Å². The first-order valence-electron chi connectivity index (χ1n) is 4.62. The van der Waals surface area contributed by atoms with Gasteiger partial charge < -0.3 is 10.4 Å². The Morgan fingerprint density at radius 1 is 1.23 bits per heavy atom. The van der Waals surface area contributed by atoms with Crippen molar-refractivity contribution in [2.75, 3.05) is 13.2 Å². The van der Waals surface area contributed by atoms with E-state index in [1.54, 1.807) is 0 Å². The number of rotatable bonds is 3. The smallest absolute Gasteiger partial charge is 0.226 e. The van der Waals surface area contributed by atoms with Crippen molar-refractivity contribution >= 4 is 5.91 Å². The molecule has 0 aromatic rings. The van der Waals surface area contributed by atoms with E-state index in [2.05, 4.69) is 5.32 Å². The third-order valence-corrected chi connectivity index (χ3v) is 2.84. The Kier molecular flexibility index (Phi) is 3.91. The molecule has 0 aromatic heterocycles. The summed E-state index contributed by atoms with van der Waals surface area (Å²) in [5.41, 5.74) is -0.491. The van der Waals surface area contributed by atoms with Gasteiger partial charge in [0, 0.05) is 12.0 Å². The Balaban J connectivity index is 4.37. The molecule has 2 N–H and O–H groups in total.